The summed E-state index contributed by atoms with van der Waals surface area (Å²) >= 11 is 0. The molecule has 0 spiro atoms. The maximum atomic E-state index is 6.48. The number of hydrogen-bond acceptors (Lipinski definition) is 2. The minimum atomic E-state index is 0.279. The van der Waals surface area contributed by atoms with Gasteiger partial charge in [0.1, 0.15) is 11.2 Å². The van der Waals surface area contributed by atoms with E-state index in [2.05, 4.69) is 55.1 Å². The number of benzene rings is 2. The van der Waals surface area contributed by atoms with Crippen LogP contribution in [0, 0.1) is 18.8 Å². The molecular formula is C23H25NO. The lowest BCUT2D eigenvalue weighted by Crippen LogP contribution is -2.65. The second-order valence-electron chi connectivity index (χ2n) is 8.89. The summed E-state index contributed by atoms with van der Waals surface area (Å²) in [5.74, 6) is 1.76. The van der Waals surface area contributed by atoms with Gasteiger partial charge in [-0.15, -0.1) is 0 Å². The topological polar surface area (TPSA) is 16.4 Å². The average molecular weight is 331 g/mol. The van der Waals surface area contributed by atoms with Crippen molar-refractivity contribution < 1.29 is 4.42 Å². The highest BCUT2D eigenvalue weighted by atomic mass is 16.3. The number of para-hydroxylation sites is 1. The molecule has 128 valence electrons. The van der Waals surface area contributed by atoms with Crippen LogP contribution in [0.1, 0.15) is 37.3 Å². The Morgan fingerprint density at radius 3 is 2.56 bits per heavy atom. The summed E-state index contributed by atoms with van der Waals surface area (Å²) in [5, 5.41) is 2.56. The zero-order valence-corrected chi connectivity index (χ0v) is 15.1. The molecule has 0 amide bonds. The van der Waals surface area contributed by atoms with Crippen molar-refractivity contribution in [3.05, 3.63) is 47.5 Å². The van der Waals surface area contributed by atoms with E-state index < -0.39 is 0 Å². The van der Waals surface area contributed by atoms with Gasteiger partial charge < -0.3 is 4.42 Å². The molecule has 1 aliphatic carbocycles. The first kappa shape index (κ1) is 14.4. The third kappa shape index (κ3) is 1.74. The Balaban J connectivity index is 1.67. The Morgan fingerprint density at radius 1 is 1.00 bits per heavy atom. The molecule has 4 heterocycles. The number of hydrogen-bond donors (Lipinski definition) is 0. The fourth-order valence-corrected chi connectivity index (χ4v) is 6.69. The van der Waals surface area contributed by atoms with Crippen LogP contribution >= 0.6 is 0 Å². The number of piperidine rings is 3. The highest BCUT2D eigenvalue weighted by Crippen LogP contribution is 2.57. The average Bonchev–Trinajstić information content (AvgIpc) is 2.97. The van der Waals surface area contributed by atoms with Crippen LogP contribution in [-0.4, -0.2) is 24.0 Å². The van der Waals surface area contributed by atoms with Crippen molar-refractivity contribution in [2.24, 2.45) is 11.8 Å². The standard InChI is InChI=1S/C23H25NO/c1-14-7-8-19-18-5-3-4-6-20(18)25-22(19)21(14)23-10-16-9-17(11-23)13-24(12-16)15(23)2/h3-8,15-17H,9-13H2,1-2H3. The molecule has 2 heteroatoms. The van der Waals surface area contributed by atoms with Crippen LogP contribution in [0.25, 0.3) is 21.9 Å². The Bertz CT molecular complexity index is 986. The third-order valence-corrected chi connectivity index (χ3v) is 7.56. The molecule has 3 saturated heterocycles. The quantitative estimate of drug-likeness (QED) is 0.604. The highest BCUT2D eigenvalue weighted by Gasteiger charge is 2.56. The number of furan rings is 1. The Hall–Kier alpha value is -1.80. The van der Waals surface area contributed by atoms with Gasteiger partial charge >= 0.3 is 0 Å². The highest BCUT2D eigenvalue weighted by molar-refractivity contribution is 6.06. The maximum Gasteiger partial charge on any atom is 0.139 e. The normalized spacial score (nSPS) is 36.6. The Morgan fingerprint density at radius 2 is 1.76 bits per heavy atom. The first-order chi connectivity index (χ1) is 12.2. The summed E-state index contributed by atoms with van der Waals surface area (Å²) in [6.45, 7) is 7.39. The van der Waals surface area contributed by atoms with Crippen LogP contribution in [0.3, 0.4) is 0 Å². The van der Waals surface area contributed by atoms with Crippen LogP contribution in [-0.2, 0) is 5.41 Å². The monoisotopic (exact) mass is 331 g/mol. The van der Waals surface area contributed by atoms with Gasteiger partial charge in [-0.05, 0) is 56.6 Å². The predicted molar refractivity (Wildman–Crippen MR) is 102 cm³/mol. The smallest absolute Gasteiger partial charge is 0.139 e. The molecule has 4 aliphatic rings. The molecule has 25 heavy (non-hydrogen) atoms. The molecular weight excluding hydrogens is 306 g/mol. The summed E-state index contributed by atoms with van der Waals surface area (Å²) in [5.41, 5.74) is 5.41. The Kier molecular flexibility index (Phi) is 2.69. The van der Waals surface area contributed by atoms with Gasteiger partial charge in [0.05, 0.1) is 0 Å². The van der Waals surface area contributed by atoms with E-state index in [9.17, 15) is 0 Å². The van der Waals surface area contributed by atoms with E-state index in [1.54, 1.807) is 0 Å². The van der Waals surface area contributed by atoms with Crippen LogP contribution in [0.2, 0.25) is 0 Å². The second kappa shape index (κ2) is 4.67. The fourth-order valence-electron chi connectivity index (χ4n) is 6.69. The molecule has 3 aliphatic heterocycles. The third-order valence-electron chi connectivity index (χ3n) is 7.56. The number of fused-ring (bicyclic) bond motifs is 3. The molecule has 3 unspecified atom stereocenters. The molecule has 0 radical (unpaired) electrons. The molecule has 4 bridgehead atoms. The van der Waals surface area contributed by atoms with E-state index in [0.29, 0.717) is 6.04 Å². The van der Waals surface area contributed by atoms with Crippen LogP contribution < -0.4 is 0 Å². The molecule has 0 N–H and O–H groups in total. The maximum absolute atomic E-state index is 6.48. The minimum absolute atomic E-state index is 0.279. The van der Waals surface area contributed by atoms with Crippen LogP contribution in [0.5, 0.6) is 0 Å². The number of nitrogens with zero attached hydrogens (tertiary/aromatic N) is 1. The van der Waals surface area contributed by atoms with Gasteiger partial charge in [-0.1, -0.05) is 30.3 Å². The van der Waals surface area contributed by atoms with E-state index in [1.807, 2.05) is 0 Å². The van der Waals surface area contributed by atoms with Crippen molar-refractivity contribution in [2.45, 2.75) is 44.6 Å². The largest absolute Gasteiger partial charge is 0.456 e. The van der Waals surface area contributed by atoms with Gasteiger partial charge in [0.25, 0.3) is 0 Å². The van der Waals surface area contributed by atoms with Gasteiger partial charge in [-0.2, -0.15) is 0 Å². The van der Waals surface area contributed by atoms with Crippen LogP contribution in [0.15, 0.2) is 40.8 Å². The van der Waals surface area contributed by atoms with Crippen molar-refractivity contribution in [2.75, 3.05) is 13.1 Å². The number of rotatable bonds is 1. The summed E-state index contributed by atoms with van der Waals surface area (Å²) in [6.07, 6.45) is 4.14. The van der Waals surface area contributed by atoms with E-state index in [4.69, 9.17) is 4.42 Å². The molecule has 1 saturated carbocycles. The minimum Gasteiger partial charge on any atom is -0.456 e. The zero-order valence-electron chi connectivity index (χ0n) is 15.1. The lowest BCUT2D eigenvalue weighted by atomic mass is 9.53. The van der Waals surface area contributed by atoms with E-state index >= 15 is 0 Å². The number of aryl methyl sites for hydroxylation is 1. The van der Waals surface area contributed by atoms with Gasteiger partial charge in [0.15, 0.2) is 0 Å². The summed E-state index contributed by atoms with van der Waals surface area (Å²) in [4.78, 5) is 2.77. The first-order valence-electron chi connectivity index (χ1n) is 9.81. The van der Waals surface area contributed by atoms with Gasteiger partial charge in [-0.3, -0.25) is 4.90 Å². The summed E-state index contributed by atoms with van der Waals surface area (Å²) in [6, 6.07) is 13.7. The molecule has 2 nitrogen and oxygen atoms in total. The molecule has 3 aromatic rings. The van der Waals surface area contributed by atoms with Crippen molar-refractivity contribution in [3.63, 3.8) is 0 Å². The van der Waals surface area contributed by atoms with Crippen molar-refractivity contribution in [1.82, 2.24) is 4.90 Å². The van der Waals surface area contributed by atoms with Gasteiger partial charge in [-0.25, -0.2) is 0 Å². The Labute approximate surface area is 148 Å². The summed E-state index contributed by atoms with van der Waals surface area (Å²) in [7, 11) is 0. The van der Waals surface area contributed by atoms with Crippen molar-refractivity contribution in [3.8, 4) is 0 Å². The summed E-state index contributed by atoms with van der Waals surface area (Å²) < 4.78 is 6.48. The van der Waals surface area contributed by atoms with Crippen molar-refractivity contribution >= 4 is 21.9 Å². The molecule has 1 aromatic heterocycles. The molecule has 4 fully saturated rings. The zero-order chi connectivity index (χ0) is 16.8. The predicted octanol–water partition coefficient (Wildman–Crippen LogP) is 5.27. The lowest BCUT2D eigenvalue weighted by Gasteiger charge is -2.62. The lowest BCUT2D eigenvalue weighted by molar-refractivity contribution is -0.0785. The van der Waals surface area contributed by atoms with E-state index in [0.717, 1.165) is 23.0 Å². The molecule has 3 atom stereocenters. The fraction of sp³-hybridized carbons (Fsp3) is 0.478. The SMILES string of the molecule is Cc1ccc2c(oc3ccccc32)c1C12CC3CC(CN(C3)C1C)C2. The first-order valence-corrected chi connectivity index (χ1v) is 9.81. The molecule has 7 rings (SSSR count). The van der Waals surface area contributed by atoms with E-state index in [1.165, 1.54) is 54.3 Å². The van der Waals surface area contributed by atoms with Crippen molar-refractivity contribution in [1.29, 1.82) is 0 Å². The van der Waals surface area contributed by atoms with E-state index in [-0.39, 0.29) is 5.41 Å². The van der Waals surface area contributed by atoms with Crippen LogP contribution in [0.4, 0.5) is 0 Å². The van der Waals surface area contributed by atoms with Gasteiger partial charge in [0, 0.05) is 40.9 Å². The molecule has 2 aromatic carbocycles. The van der Waals surface area contributed by atoms with Gasteiger partial charge in [0.2, 0.25) is 0 Å². The second-order valence-corrected chi connectivity index (χ2v) is 8.89.